The number of nitrogens with zero attached hydrogens (tertiary/aromatic N) is 2. The molecular weight excluding hydrogens is 182 g/mol. The van der Waals surface area contributed by atoms with E-state index in [0.29, 0.717) is 0 Å². The number of rotatable bonds is 1. The molecule has 13 heavy (non-hydrogen) atoms. The second-order valence-electron chi connectivity index (χ2n) is 2.52. The number of aromatic nitrogens is 1. The number of para-hydroxylation sites is 1. The van der Waals surface area contributed by atoms with Gasteiger partial charge in [0.25, 0.3) is 0 Å². The van der Waals surface area contributed by atoms with Crippen LogP contribution < -0.4 is 10.6 Å². The van der Waals surface area contributed by atoms with Gasteiger partial charge < -0.3 is 5.84 Å². The zero-order chi connectivity index (χ0) is 9.10. The van der Waals surface area contributed by atoms with Gasteiger partial charge in [-0.2, -0.15) is 5.10 Å². The lowest BCUT2D eigenvalue weighted by Gasteiger charge is -2.00. The van der Waals surface area contributed by atoms with Gasteiger partial charge in [0.1, 0.15) is 0 Å². The summed E-state index contributed by atoms with van der Waals surface area (Å²) in [6.45, 7) is 0. The highest BCUT2D eigenvalue weighted by atomic mass is 32.1. The molecule has 1 aromatic heterocycles. The van der Waals surface area contributed by atoms with Crippen molar-refractivity contribution in [1.82, 2.24) is 4.57 Å². The average Bonchev–Trinajstić information content (AvgIpc) is 2.67. The lowest BCUT2D eigenvalue weighted by molar-refractivity contribution is 0.964. The second-order valence-corrected chi connectivity index (χ2v) is 3.39. The lowest BCUT2D eigenvalue weighted by atomic mass is 10.3. The summed E-state index contributed by atoms with van der Waals surface area (Å²) < 4.78 is 1.95. The van der Waals surface area contributed by atoms with E-state index in [1.54, 1.807) is 0 Å². The molecule has 0 unspecified atom stereocenters. The molecule has 2 N–H and O–H groups in total. The van der Waals surface area contributed by atoms with Gasteiger partial charge in [0.2, 0.25) is 4.80 Å². The molecule has 66 valence electrons. The fourth-order valence-corrected chi connectivity index (χ4v) is 1.80. The summed E-state index contributed by atoms with van der Waals surface area (Å²) in [5.74, 6) is 5.25. The van der Waals surface area contributed by atoms with E-state index in [1.807, 2.05) is 46.5 Å². The first kappa shape index (κ1) is 8.07. The van der Waals surface area contributed by atoms with E-state index in [9.17, 15) is 0 Å². The minimum atomic E-state index is 0.797. The molecule has 4 heteroatoms. The molecule has 0 fully saturated rings. The maximum absolute atomic E-state index is 5.25. The molecule has 3 nitrogen and oxygen atoms in total. The Morgan fingerprint density at radius 1 is 1.23 bits per heavy atom. The van der Waals surface area contributed by atoms with E-state index in [1.165, 1.54) is 11.3 Å². The van der Waals surface area contributed by atoms with Crippen molar-refractivity contribution in [3.8, 4) is 5.69 Å². The Bertz CT molecular complexity index is 441. The Morgan fingerprint density at radius 2 is 2.00 bits per heavy atom. The van der Waals surface area contributed by atoms with Gasteiger partial charge in [-0.3, -0.25) is 4.57 Å². The third kappa shape index (κ3) is 1.48. The fraction of sp³-hybridized carbons (Fsp3) is 0. The van der Waals surface area contributed by atoms with Crippen LogP contribution in [-0.4, -0.2) is 4.57 Å². The summed E-state index contributed by atoms with van der Waals surface area (Å²) in [4.78, 5) is 0.797. The Balaban J connectivity index is 2.60. The van der Waals surface area contributed by atoms with Crippen LogP contribution in [0.15, 0.2) is 47.0 Å². The van der Waals surface area contributed by atoms with E-state index in [4.69, 9.17) is 5.84 Å². The van der Waals surface area contributed by atoms with Crippen molar-refractivity contribution in [2.24, 2.45) is 10.9 Å². The normalized spacial score (nSPS) is 11.8. The Hall–Kier alpha value is -1.55. The monoisotopic (exact) mass is 191 g/mol. The van der Waals surface area contributed by atoms with Crippen LogP contribution in [0.2, 0.25) is 0 Å². The fourth-order valence-electron chi connectivity index (χ4n) is 1.15. The van der Waals surface area contributed by atoms with Crippen LogP contribution >= 0.6 is 11.3 Å². The molecule has 2 aromatic rings. The lowest BCUT2D eigenvalue weighted by Crippen LogP contribution is -2.13. The molecule has 0 aliphatic heterocycles. The molecule has 0 aliphatic carbocycles. The SMILES string of the molecule is N/N=c1\sccn1-c1ccccc1. The zero-order valence-electron chi connectivity index (χ0n) is 6.92. The highest BCUT2D eigenvalue weighted by molar-refractivity contribution is 7.07. The van der Waals surface area contributed by atoms with Gasteiger partial charge >= 0.3 is 0 Å². The Morgan fingerprint density at radius 3 is 2.69 bits per heavy atom. The first-order valence-electron chi connectivity index (χ1n) is 3.87. The third-order valence-corrected chi connectivity index (χ3v) is 2.50. The predicted octanol–water partition coefficient (Wildman–Crippen LogP) is 1.31. The molecule has 2 rings (SSSR count). The van der Waals surface area contributed by atoms with Gasteiger partial charge in [0, 0.05) is 17.3 Å². The van der Waals surface area contributed by atoms with E-state index < -0.39 is 0 Å². The van der Waals surface area contributed by atoms with E-state index >= 15 is 0 Å². The number of nitrogens with two attached hydrogens (primary N) is 1. The van der Waals surface area contributed by atoms with Gasteiger partial charge in [-0.05, 0) is 12.1 Å². The first-order valence-corrected chi connectivity index (χ1v) is 4.75. The van der Waals surface area contributed by atoms with E-state index in [-0.39, 0.29) is 0 Å². The highest BCUT2D eigenvalue weighted by Gasteiger charge is 1.95. The molecule has 0 amide bonds. The molecule has 0 radical (unpaired) electrons. The largest absolute Gasteiger partial charge is 0.320 e. The minimum absolute atomic E-state index is 0.797. The predicted molar refractivity (Wildman–Crippen MR) is 53.4 cm³/mol. The number of thiazole rings is 1. The summed E-state index contributed by atoms with van der Waals surface area (Å²) in [6, 6.07) is 9.99. The number of hydrogen-bond donors (Lipinski definition) is 1. The number of benzene rings is 1. The van der Waals surface area contributed by atoms with Crippen LogP contribution in [0.3, 0.4) is 0 Å². The van der Waals surface area contributed by atoms with Gasteiger partial charge in [-0.15, -0.1) is 11.3 Å². The molecule has 0 aliphatic rings. The highest BCUT2D eigenvalue weighted by Crippen LogP contribution is 2.04. The third-order valence-electron chi connectivity index (χ3n) is 1.73. The molecule has 0 atom stereocenters. The smallest absolute Gasteiger partial charge is 0.212 e. The molecule has 0 spiro atoms. The van der Waals surface area contributed by atoms with Crippen LogP contribution in [0.1, 0.15) is 0 Å². The van der Waals surface area contributed by atoms with E-state index in [0.717, 1.165) is 10.5 Å². The molecule has 0 saturated heterocycles. The van der Waals surface area contributed by atoms with Crippen LogP contribution in [0.5, 0.6) is 0 Å². The quantitative estimate of drug-likeness (QED) is 0.536. The van der Waals surface area contributed by atoms with Gasteiger partial charge in [-0.1, -0.05) is 18.2 Å². The van der Waals surface area contributed by atoms with E-state index in [2.05, 4.69) is 5.10 Å². The van der Waals surface area contributed by atoms with Gasteiger partial charge in [0.15, 0.2) is 0 Å². The van der Waals surface area contributed by atoms with Crippen molar-refractivity contribution >= 4 is 11.3 Å². The summed E-state index contributed by atoms with van der Waals surface area (Å²) in [6.07, 6.45) is 1.95. The van der Waals surface area contributed by atoms with Crippen LogP contribution in [0.25, 0.3) is 5.69 Å². The van der Waals surface area contributed by atoms with Crippen molar-refractivity contribution in [2.45, 2.75) is 0 Å². The summed E-state index contributed by atoms with van der Waals surface area (Å²) in [5.41, 5.74) is 1.08. The molecule has 1 heterocycles. The Labute approximate surface area is 79.8 Å². The van der Waals surface area contributed by atoms with Crippen molar-refractivity contribution in [3.05, 3.63) is 46.7 Å². The topological polar surface area (TPSA) is 43.3 Å². The van der Waals surface area contributed by atoms with Gasteiger partial charge in [-0.25, -0.2) is 0 Å². The van der Waals surface area contributed by atoms with Gasteiger partial charge in [0.05, 0.1) is 0 Å². The molecule has 0 saturated carbocycles. The van der Waals surface area contributed by atoms with Crippen molar-refractivity contribution in [1.29, 1.82) is 0 Å². The van der Waals surface area contributed by atoms with Crippen LogP contribution in [0, 0.1) is 0 Å². The summed E-state index contributed by atoms with van der Waals surface area (Å²) >= 11 is 1.52. The maximum Gasteiger partial charge on any atom is 0.212 e. The van der Waals surface area contributed by atoms with Crippen LogP contribution in [0.4, 0.5) is 0 Å². The number of hydrogen-bond acceptors (Lipinski definition) is 3. The molecule has 0 bridgehead atoms. The zero-order valence-corrected chi connectivity index (χ0v) is 7.74. The molecule has 1 aromatic carbocycles. The average molecular weight is 191 g/mol. The second kappa shape index (κ2) is 3.45. The minimum Gasteiger partial charge on any atom is -0.320 e. The summed E-state index contributed by atoms with van der Waals surface area (Å²) in [7, 11) is 0. The summed E-state index contributed by atoms with van der Waals surface area (Å²) in [5, 5.41) is 5.65. The maximum atomic E-state index is 5.25. The van der Waals surface area contributed by atoms with Crippen LogP contribution in [-0.2, 0) is 0 Å². The first-order chi connectivity index (χ1) is 6.42. The van der Waals surface area contributed by atoms with Crippen molar-refractivity contribution in [2.75, 3.05) is 0 Å². The van der Waals surface area contributed by atoms with Crippen molar-refractivity contribution in [3.63, 3.8) is 0 Å². The molecular formula is C9H9N3S. The Kier molecular flexibility index (Phi) is 2.14. The standard InChI is InChI=1S/C9H9N3S/c10-11-9-12(6-7-13-9)8-4-2-1-3-5-8/h1-7H,10H2/b11-9-. The van der Waals surface area contributed by atoms with Crippen molar-refractivity contribution < 1.29 is 0 Å².